The van der Waals surface area contributed by atoms with Crippen molar-refractivity contribution in [1.29, 1.82) is 0 Å². The van der Waals surface area contributed by atoms with Gasteiger partial charge in [-0.1, -0.05) is 0 Å². The van der Waals surface area contributed by atoms with Crippen LogP contribution < -0.4 is 23.7 Å². The van der Waals surface area contributed by atoms with E-state index in [0.717, 1.165) is 0 Å². The number of hydrogen-bond donors (Lipinski definition) is 0. The number of ether oxygens (including phenoxy) is 5. The van der Waals surface area contributed by atoms with Gasteiger partial charge in [0.05, 0.1) is 33.3 Å². The number of carbonyl (C=O) groups is 2. The van der Waals surface area contributed by atoms with Crippen molar-refractivity contribution in [3.05, 3.63) is 65.1 Å². The van der Waals surface area contributed by atoms with Gasteiger partial charge in [-0.05, 0) is 35.5 Å². The van der Waals surface area contributed by atoms with Crippen molar-refractivity contribution in [2.24, 2.45) is 0 Å². The van der Waals surface area contributed by atoms with E-state index in [4.69, 9.17) is 28.2 Å². The van der Waals surface area contributed by atoms with Crippen molar-refractivity contribution in [3.8, 4) is 28.9 Å². The number of esters is 1. The molecular weight excluding hydrogens is 430 g/mol. The monoisotopic (exact) mass is 451 g/mol. The Labute approximate surface area is 189 Å². The number of nitrogens with zero attached hydrogens (tertiary/aromatic N) is 1. The fourth-order valence-electron chi connectivity index (χ4n) is 3.23. The minimum absolute atomic E-state index is 0.0810. The molecule has 0 N–H and O–H groups in total. The van der Waals surface area contributed by atoms with Crippen LogP contribution in [-0.2, 0) is 11.2 Å². The lowest BCUT2D eigenvalue weighted by Crippen LogP contribution is -2.08. The summed E-state index contributed by atoms with van der Waals surface area (Å²) in [6, 6.07) is 11.5. The number of carbonyl (C=O) groups excluding carboxylic acids is 2. The molecule has 3 aromatic rings. The summed E-state index contributed by atoms with van der Waals surface area (Å²) >= 11 is 0. The maximum absolute atomic E-state index is 12.8. The molecule has 0 saturated carbocycles. The van der Waals surface area contributed by atoms with E-state index in [0.29, 0.717) is 46.4 Å². The number of hydrogen-bond acceptors (Lipinski definition) is 9. The van der Waals surface area contributed by atoms with Crippen molar-refractivity contribution < 1.29 is 37.8 Å². The molecule has 4 rings (SSSR count). The summed E-state index contributed by atoms with van der Waals surface area (Å²) in [6.07, 6.45) is 1.99. The number of allylic oxidation sites excluding steroid dienone is 1. The smallest absolute Gasteiger partial charge is 0.311 e. The van der Waals surface area contributed by atoms with Gasteiger partial charge in [-0.2, -0.15) is 0 Å². The number of benzene rings is 2. The SMILES string of the molecule is COc1ccc(/C=C2\Oc3cc(OC(=O)CCc4cc(OC)no4)ccc3C2=O)c(OC)c1. The molecule has 1 aromatic heterocycles. The Hall–Kier alpha value is -4.27. The third kappa shape index (κ3) is 4.82. The Kier molecular flexibility index (Phi) is 6.30. The maximum atomic E-state index is 12.8. The Balaban J connectivity index is 1.44. The normalized spacial score (nSPS) is 13.4. The average molecular weight is 451 g/mol. The summed E-state index contributed by atoms with van der Waals surface area (Å²) in [5.41, 5.74) is 1.03. The van der Waals surface area contributed by atoms with Crippen LogP contribution in [0, 0.1) is 0 Å². The number of Topliss-reactive ketones (excluding diaryl/α,β-unsaturated/α-hetero) is 1. The molecule has 2 aromatic carbocycles. The van der Waals surface area contributed by atoms with Crippen molar-refractivity contribution in [1.82, 2.24) is 5.16 Å². The quantitative estimate of drug-likeness (QED) is 0.287. The van der Waals surface area contributed by atoms with E-state index in [1.165, 1.54) is 20.3 Å². The second-order valence-corrected chi connectivity index (χ2v) is 7.02. The zero-order valence-corrected chi connectivity index (χ0v) is 18.2. The molecule has 9 heteroatoms. The summed E-state index contributed by atoms with van der Waals surface area (Å²) in [7, 11) is 4.57. The molecule has 0 spiro atoms. The molecule has 1 aliphatic heterocycles. The lowest BCUT2D eigenvalue weighted by molar-refractivity contribution is -0.134. The lowest BCUT2D eigenvalue weighted by atomic mass is 10.1. The van der Waals surface area contributed by atoms with Gasteiger partial charge in [0.1, 0.15) is 28.8 Å². The van der Waals surface area contributed by atoms with Gasteiger partial charge in [0, 0.05) is 30.2 Å². The van der Waals surface area contributed by atoms with Crippen LogP contribution >= 0.6 is 0 Å². The van der Waals surface area contributed by atoms with Crippen molar-refractivity contribution in [2.75, 3.05) is 21.3 Å². The van der Waals surface area contributed by atoms with Crippen LogP contribution in [-0.4, -0.2) is 38.2 Å². The minimum Gasteiger partial charge on any atom is -0.497 e. The largest absolute Gasteiger partial charge is 0.497 e. The van der Waals surface area contributed by atoms with Crippen LogP contribution in [0.1, 0.15) is 28.1 Å². The average Bonchev–Trinajstić information content (AvgIpc) is 3.42. The predicted molar refractivity (Wildman–Crippen MR) is 116 cm³/mol. The van der Waals surface area contributed by atoms with Crippen molar-refractivity contribution in [3.63, 3.8) is 0 Å². The van der Waals surface area contributed by atoms with Crippen LogP contribution in [0.2, 0.25) is 0 Å². The first-order valence-electron chi connectivity index (χ1n) is 10.0. The summed E-state index contributed by atoms with van der Waals surface area (Å²) in [5, 5.41) is 3.68. The van der Waals surface area contributed by atoms with Gasteiger partial charge in [-0.15, -0.1) is 0 Å². The predicted octanol–water partition coefficient (Wildman–Crippen LogP) is 3.85. The molecule has 0 amide bonds. The molecular formula is C24H21NO8. The van der Waals surface area contributed by atoms with Gasteiger partial charge in [-0.3, -0.25) is 9.59 Å². The molecule has 0 radical (unpaired) electrons. The van der Waals surface area contributed by atoms with Crippen LogP contribution in [0.25, 0.3) is 6.08 Å². The summed E-state index contributed by atoms with van der Waals surface area (Å²) in [6.45, 7) is 0. The molecule has 170 valence electrons. The zero-order valence-electron chi connectivity index (χ0n) is 18.2. The number of methoxy groups -OCH3 is 3. The standard InChI is InChI=1S/C24H21NO8/c1-28-15-5-4-14(19(11-15)29-2)10-21-24(27)18-8-6-16(12-20(18)32-21)31-23(26)9-7-17-13-22(30-3)25-33-17/h4-6,8,10-13H,7,9H2,1-3H3/b21-10-. The number of fused-ring (bicyclic) bond motifs is 1. The number of aromatic nitrogens is 1. The van der Waals surface area contributed by atoms with E-state index in [9.17, 15) is 9.59 Å². The fourth-order valence-corrected chi connectivity index (χ4v) is 3.23. The van der Waals surface area contributed by atoms with Crippen LogP contribution in [0.5, 0.6) is 28.9 Å². The molecule has 0 unspecified atom stereocenters. The highest BCUT2D eigenvalue weighted by Gasteiger charge is 2.28. The first-order chi connectivity index (χ1) is 16.0. The van der Waals surface area contributed by atoms with Crippen LogP contribution in [0.4, 0.5) is 0 Å². The molecule has 0 saturated heterocycles. The van der Waals surface area contributed by atoms with Crippen molar-refractivity contribution >= 4 is 17.8 Å². The number of aryl methyl sites for hydroxylation is 1. The topological polar surface area (TPSA) is 106 Å². The Morgan fingerprint density at radius 3 is 2.55 bits per heavy atom. The van der Waals surface area contributed by atoms with Gasteiger partial charge in [0.15, 0.2) is 5.76 Å². The number of ketones is 1. The highest BCUT2D eigenvalue weighted by molar-refractivity contribution is 6.14. The Bertz CT molecular complexity index is 1230. The molecule has 9 nitrogen and oxygen atoms in total. The van der Waals surface area contributed by atoms with Crippen LogP contribution in [0.15, 0.2) is 52.7 Å². The van der Waals surface area contributed by atoms with Crippen LogP contribution in [0.3, 0.4) is 0 Å². The van der Waals surface area contributed by atoms with E-state index in [-0.39, 0.29) is 23.7 Å². The molecule has 33 heavy (non-hydrogen) atoms. The Morgan fingerprint density at radius 2 is 1.82 bits per heavy atom. The Morgan fingerprint density at radius 1 is 1.00 bits per heavy atom. The molecule has 0 aliphatic carbocycles. The number of rotatable bonds is 8. The highest BCUT2D eigenvalue weighted by Crippen LogP contribution is 2.36. The van der Waals surface area contributed by atoms with Crippen molar-refractivity contribution in [2.45, 2.75) is 12.8 Å². The van der Waals surface area contributed by atoms with Gasteiger partial charge in [0.2, 0.25) is 5.78 Å². The van der Waals surface area contributed by atoms with E-state index < -0.39 is 5.97 Å². The van der Waals surface area contributed by atoms with E-state index in [1.807, 2.05) is 0 Å². The molecule has 0 bridgehead atoms. The van der Waals surface area contributed by atoms with Gasteiger partial charge in [-0.25, -0.2) is 0 Å². The van der Waals surface area contributed by atoms with Gasteiger partial charge in [0.25, 0.3) is 5.88 Å². The maximum Gasteiger partial charge on any atom is 0.311 e. The molecule has 0 fully saturated rings. The summed E-state index contributed by atoms with van der Waals surface area (Å²) in [4.78, 5) is 24.9. The zero-order chi connectivity index (χ0) is 23.4. The second-order valence-electron chi connectivity index (χ2n) is 7.02. The molecule has 2 heterocycles. The lowest BCUT2D eigenvalue weighted by Gasteiger charge is -2.08. The van der Waals surface area contributed by atoms with Gasteiger partial charge >= 0.3 is 5.97 Å². The summed E-state index contributed by atoms with van der Waals surface area (Å²) < 4.78 is 31.7. The second kappa shape index (κ2) is 9.47. The van der Waals surface area contributed by atoms with E-state index in [1.54, 1.807) is 49.6 Å². The summed E-state index contributed by atoms with van der Waals surface area (Å²) in [5.74, 6) is 1.99. The first-order valence-corrected chi connectivity index (χ1v) is 10.0. The van der Waals surface area contributed by atoms with E-state index >= 15 is 0 Å². The molecule has 0 atom stereocenters. The first kappa shape index (κ1) is 21.9. The fraction of sp³-hybridized carbons (Fsp3) is 0.208. The minimum atomic E-state index is -0.464. The van der Waals surface area contributed by atoms with Gasteiger partial charge < -0.3 is 28.2 Å². The third-order valence-electron chi connectivity index (χ3n) is 4.92. The highest BCUT2D eigenvalue weighted by atomic mass is 16.5. The third-order valence-corrected chi connectivity index (χ3v) is 4.92. The molecule has 1 aliphatic rings. The van der Waals surface area contributed by atoms with E-state index in [2.05, 4.69) is 5.16 Å².